The number of carbonyl (C=O) groups is 1. The lowest BCUT2D eigenvalue weighted by atomic mass is 10.2. The van der Waals surface area contributed by atoms with Crippen molar-refractivity contribution in [2.75, 3.05) is 0 Å². The SMILES string of the molecule is O=C(CCC(F)(F)Cl)NCc1cccnc1. The zero-order chi connectivity index (χ0) is 12.0. The highest BCUT2D eigenvalue weighted by Gasteiger charge is 2.25. The minimum atomic E-state index is -3.31. The van der Waals surface area contributed by atoms with Gasteiger partial charge in [-0.05, 0) is 23.2 Å². The molecule has 0 aliphatic heterocycles. The number of aromatic nitrogens is 1. The van der Waals surface area contributed by atoms with Crippen molar-refractivity contribution in [3.8, 4) is 0 Å². The molecule has 0 spiro atoms. The molecule has 0 unspecified atom stereocenters. The van der Waals surface area contributed by atoms with E-state index in [0.29, 0.717) is 0 Å². The lowest BCUT2D eigenvalue weighted by molar-refractivity contribution is -0.122. The number of carbonyl (C=O) groups excluding carboxylic acids is 1. The second-order valence-corrected chi connectivity index (χ2v) is 3.81. The van der Waals surface area contributed by atoms with E-state index in [0.717, 1.165) is 5.56 Å². The molecular weight excluding hydrogens is 238 g/mol. The van der Waals surface area contributed by atoms with E-state index in [1.54, 1.807) is 24.5 Å². The first-order valence-electron chi connectivity index (χ1n) is 4.70. The summed E-state index contributed by atoms with van der Waals surface area (Å²) in [4.78, 5) is 15.0. The molecule has 6 heteroatoms. The quantitative estimate of drug-likeness (QED) is 0.813. The van der Waals surface area contributed by atoms with Crippen LogP contribution in [0.3, 0.4) is 0 Å². The number of halogens is 3. The van der Waals surface area contributed by atoms with E-state index in [1.165, 1.54) is 0 Å². The Bertz CT molecular complexity index is 340. The summed E-state index contributed by atoms with van der Waals surface area (Å²) >= 11 is 4.67. The molecular formula is C10H11ClF2N2O. The summed E-state index contributed by atoms with van der Waals surface area (Å²) in [6.45, 7) is 0.278. The number of rotatable bonds is 5. The van der Waals surface area contributed by atoms with Crippen LogP contribution in [0.15, 0.2) is 24.5 Å². The van der Waals surface area contributed by atoms with Crippen LogP contribution in [-0.2, 0) is 11.3 Å². The summed E-state index contributed by atoms with van der Waals surface area (Å²) in [5.74, 6) is -0.454. The number of alkyl halides is 3. The fourth-order valence-electron chi connectivity index (χ4n) is 1.05. The van der Waals surface area contributed by atoms with Crippen molar-refractivity contribution >= 4 is 17.5 Å². The Morgan fingerprint density at radius 2 is 2.31 bits per heavy atom. The summed E-state index contributed by atoms with van der Waals surface area (Å²) in [6.07, 6.45) is 2.25. The van der Waals surface area contributed by atoms with Gasteiger partial charge in [-0.2, -0.15) is 8.78 Å². The largest absolute Gasteiger partial charge is 0.352 e. The smallest absolute Gasteiger partial charge is 0.322 e. The third-order valence-corrected chi connectivity index (χ3v) is 2.04. The number of nitrogens with zero attached hydrogens (tertiary/aromatic N) is 1. The monoisotopic (exact) mass is 248 g/mol. The van der Waals surface area contributed by atoms with Gasteiger partial charge >= 0.3 is 5.38 Å². The highest BCUT2D eigenvalue weighted by Crippen LogP contribution is 2.24. The summed E-state index contributed by atoms with van der Waals surface area (Å²) in [5.41, 5.74) is 0.813. The van der Waals surface area contributed by atoms with Crippen molar-refractivity contribution in [3.63, 3.8) is 0 Å². The van der Waals surface area contributed by atoms with Gasteiger partial charge in [0.15, 0.2) is 0 Å². The molecule has 0 aromatic carbocycles. The topological polar surface area (TPSA) is 42.0 Å². The maximum Gasteiger partial charge on any atom is 0.322 e. The van der Waals surface area contributed by atoms with Crippen molar-refractivity contribution < 1.29 is 13.6 Å². The first-order chi connectivity index (χ1) is 7.47. The first-order valence-corrected chi connectivity index (χ1v) is 5.07. The predicted molar refractivity (Wildman–Crippen MR) is 56.1 cm³/mol. The van der Waals surface area contributed by atoms with Gasteiger partial charge in [0.05, 0.1) is 0 Å². The van der Waals surface area contributed by atoms with Crippen LogP contribution in [0, 0.1) is 0 Å². The van der Waals surface area contributed by atoms with Crippen LogP contribution in [0.2, 0.25) is 0 Å². The van der Waals surface area contributed by atoms with Gasteiger partial charge in [-0.15, -0.1) is 0 Å². The lowest BCUT2D eigenvalue weighted by Crippen LogP contribution is -2.24. The fraction of sp³-hybridized carbons (Fsp3) is 0.400. The molecule has 0 radical (unpaired) electrons. The van der Waals surface area contributed by atoms with Crippen molar-refractivity contribution in [3.05, 3.63) is 30.1 Å². The lowest BCUT2D eigenvalue weighted by Gasteiger charge is -2.08. The molecule has 88 valence electrons. The molecule has 1 aromatic rings. The molecule has 0 saturated carbocycles. The van der Waals surface area contributed by atoms with Crippen LogP contribution in [0.5, 0.6) is 0 Å². The van der Waals surface area contributed by atoms with E-state index < -0.39 is 17.7 Å². The normalized spacial score (nSPS) is 11.2. The Hall–Kier alpha value is -1.23. The molecule has 1 heterocycles. The number of amides is 1. The highest BCUT2D eigenvalue weighted by atomic mass is 35.5. The van der Waals surface area contributed by atoms with Crippen LogP contribution in [0.25, 0.3) is 0 Å². The number of pyridine rings is 1. The number of nitrogens with one attached hydrogen (secondary N) is 1. The average molecular weight is 249 g/mol. The second kappa shape index (κ2) is 5.75. The molecule has 0 fully saturated rings. The molecule has 3 nitrogen and oxygen atoms in total. The van der Waals surface area contributed by atoms with Crippen LogP contribution in [0.1, 0.15) is 18.4 Å². The van der Waals surface area contributed by atoms with Gasteiger partial charge in [-0.1, -0.05) is 6.07 Å². The van der Waals surface area contributed by atoms with Crippen LogP contribution in [-0.4, -0.2) is 16.3 Å². The maximum absolute atomic E-state index is 12.2. The van der Waals surface area contributed by atoms with E-state index in [9.17, 15) is 13.6 Å². The number of hydrogen-bond donors (Lipinski definition) is 1. The zero-order valence-electron chi connectivity index (χ0n) is 8.42. The van der Waals surface area contributed by atoms with Gasteiger partial charge in [-0.25, -0.2) is 0 Å². The molecule has 1 N–H and O–H groups in total. The predicted octanol–water partition coefficient (Wildman–Crippen LogP) is 2.31. The first kappa shape index (κ1) is 12.8. The molecule has 16 heavy (non-hydrogen) atoms. The van der Waals surface area contributed by atoms with E-state index in [4.69, 9.17) is 0 Å². The minimum Gasteiger partial charge on any atom is -0.352 e. The Balaban J connectivity index is 2.26. The third-order valence-electron chi connectivity index (χ3n) is 1.85. The van der Waals surface area contributed by atoms with E-state index in [1.807, 2.05) is 0 Å². The average Bonchev–Trinajstić information content (AvgIpc) is 2.24. The van der Waals surface area contributed by atoms with E-state index >= 15 is 0 Å². The van der Waals surface area contributed by atoms with Gasteiger partial charge in [0.1, 0.15) is 0 Å². The maximum atomic E-state index is 12.2. The molecule has 1 amide bonds. The Morgan fingerprint density at radius 1 is 1.56 bits per heavy atom. The molecule has 0 aliphatic carbocycles. The van der Waals surface area contributed by atoms with Crippen LogP contribution in [0.4, 0.5) is 8.78 Å². The Morgan fingerprint density at radius 3 is 2.88 bits per heavy atom. The van der Waals surface area contributed by atoms with Crippen LogP contribution < -0.4 is 5.32 Å². The van der Waals surface area contributed by atoms with Gasteiger partial charge in [-0.3, -0.25) is 9.78 Å². The van der Waals surface area contributed by atoms with Gasteiger partial charge in [0, 0.05) is 31.8 Å². The zero-order valence-corrected chi connectivity index (χ0v) is 9.18. The molecule has 0 bridgehead atoms. The molecule has 1 rings (SSSR count). The van der Waals surface area contributed by atoms with Gasteiger partial charge < -0.3 is 5.32 Å². The third kappa shape index (κ3) is 5.60. The summed E-state index contributed by atoms with van der Waals surface area (Å²) in [7, 11) is 0. The fourth-order valence-corrected chi connectivity index (χ4v) is 1.14. The number of hydrogen-bond acceptors (Lipinski definition) is 2. The summed E-state index contributed by atoms with van der Waals surface area (Å²) < 4.78 is 24.4. The summed E-state index contributed by atoms with van der Waals surface area (Å²) in [6, 6.07) is 3.51. The Labute approximate surface area is 96.8 Å². The van der Waals surface area contributed by atoms with Crippen LogP contribution >= 0.6 is 11.6 Å². The van der Waals surface area contributed by atoms with Crippen molar-refractivity contribution in [1.29, 1.82) is 0 Å². The van der Waals surface area contributed by atoms with Gasteiger partial charge in [0.25, 0.3) is 0 Å². The van der Waals surface area contributed by atoms with Crippen molar-refractivity contribution in [2.45, 2.75) is 24.8 Å². The molecule has 0 aliphatic rings. The molecule has 0 saturated heterocycles. The molecule has 1 aromatic heterocycles. The van der Waals surface area contributed by atoms with Gasteiger partial charge in [0.2, 0.25) is 5.91 Å². The Kier molecular flexibility index (Phi) is 4.61. The highest BCUT2D eigenvalue weighted by molar-refractivity contribution is 6.21. The minimum absolute atomic E-state index is 0.278. The second-order valence-electron chi connectivity index (χ2n) is 3.25. The van der Waals surface area contributed by atoms with E-state index in [-0.39, 0.29) is 13.0 Å². The standard InChI is InChI=1S/C10H11ClF2N2O/c11-10(12,13)4-3-9(16)15-7-8-2-1-5-14-6-8/h1-2,5-6H,3-4,7H2,(H,15,16). The van der Waals surface area contributed by atoms with Crippen molar-refractivity contribution in [1.82, 2.24) is 10.3 Å². The van der Waals surface area contributed by atoms with E-state index in [2.05, 4.69) is 21.9 Å². The summed E-state index contributed by atoms with van der Waals surface area (Å²) in [5, 5.41) is -0.813. The molecule has 0 atom stereocenters. The van der Waals surface area contributed by atoms with Crippen molar-refractivity contribution in [2.24, 2.45) is 0 Å².